The van der Waals surface area contributed by atoms with Crippen LogP contribution in [0, 0.1) is 17.0 Å². The molecular formula is C12H10Cl2N4O3. The molecule has 0 aliphatic carbocycles. The lowest BCUT2D eigenvalue weighted by atomic mass is 10.3. The summed E-state index contributed by atoms with van der Waals surface area (Å²) in [6.45, 7) is 1.49. The van der Waals surface area contributed by atoms with E-state index in [1.807, 2.05) is 0 Å². The van der Waals surface area contributed by atoms with Crippen LogP contribution in [0.3, 0.4) is 0 Å². The molecule has 0 unspecified atom stereocenters. The summed E-state index contributed by atoms with van der Waals surface area (Å²) in [7, 11) is 1.59. The van der Waals surface area contributed by atoms with Gasteiger partial charge in [-0.05, 0) is 19.1 Å². The Bertz CT molecular complexity index is 709. The zero-order valence-corrected chi connectivity index (χ0v) is 12.6. The summed E-state index contributed by atoms with van der Waals surface area (Å²) < 4.78 is 5.46. The molecule has 7 nitrogen and oxygen atoms in total. The quantitative estimate of drug-likeness (QED) is 0.677. The highest BCUT2D eigenvalue weighted by Crippen LogP contribution is 2.36. The van der Waals surface area contributed by atoms with E-state index in [1.165, 1.54) is 19.1 Å². The van der Waals surface area contributed by atoms with Gasteiger partial charge in [0.15, 0.2) is 0 Å². The number of ether oxygens (including phenoxy) is 1. The van der Waals surface area contributed by atoms with Crippen molar-refractivity contribution in [1.82, 2.24) is 9.97 Å². The minimum atomic E-state index is -0.609. The van der Waals surface area contributed by atoms with E-state index >= 15 is 0 Å². The van der Waals surface area contributed by atoms with Crippen LogP contribution in [-0.2, 0) is 0 Å². The second kappa shape index (κ2) is 6.11. The first kappa shape index (κ1) is 15.3. The Morgan fingerprint density at radius 3 is 2.67 bits per heavy atom. The van der Waals surface area contributed by atoms with Gasteiger partial charge >= 0.3 is 11.6 Å². The maximum Gasteiger partial charge on any atom is 0.352 e. The number of nitrogens with one attached hydrogen (secondary N) is 1. The average Bonchev–Trinajstić information content (AvgIpc) is 2.41. The molecule has 9 heteroatoms. The molecular weight excluding hydrogens is 319 g/mol. The average molecular weight is 329 g/mol. The van der Waals surface area contributed by atoms with Crippen LogP contribution >= 0.6 is 23.2 Å². The Hall–Kier alpha value is -2.12. The Morgan fingerprint density at radius 1 is 1.33 bits per heavy atom. The third-order valence-corrected chi connectivity index (χ3v) is 3.08. The van der Waals surface area contributed by atoms with Crippen LogP contribution in [0.4, 0.5) is 11.6 Å². The smallest absolute Gasteiger partial charge is 0.352 e. The Kier molecular flexibility index (Phi) is 4.44. The molecule has 21 heavy (non-hydrogen) atoms. The molecule has 0 fully saturated rings. The molecule has 1 aromatic heterocycles. The molecule has 2 rings (SSSR count). The number of aryl methyl sites for hydroxylation is 1. The van der Waals surface area contributed by atoms with E-state index in [0.29, 0.717) is 5.02 Å². The second-order valence-electron chi connectivity index (χ2n) is 3.97. The molecule has 0 radical (unpaired) electrons. The zero-order valence-electron chi connectivity index (χ0n) is 11.1. The number of hydrogen-bond donors (Lipinski definition) is 1. The van der Waals surface area contributed by atoms with Crippen molar-refractivity contribution < 1.29 is 9.66 Å². The summed E-state index contributed by atoms with van der Waals surface area (Å²) in [6.07, 6.45) is 0. The fraction of sp³-hybridized carbons (Fsp3) is 0.167. The summed E-state index contributed by atoms with van der Waals surface area (Å²) >= 11 is 11.8. The van der Waals surface area contributed by atoms with E-state index in [0.717, 1.165) is 0 Å². The molecule has 1 aromatic carbocycles. The maximum atomic E-state index is 11.2. The molecule has 0 saturated carbocycles. The predicted octanol–water partition coefficient (Wildman–Crippen LogP) is 3.83. The van der Waals surface area contributed by atoms with Crippen molar-refractivity contribution in [1.29, 1.82) is 0 Å². The summed E-state index contributed by atoms with van der Waals surface area (Å²) in [4.78, 5) is 18.4. The molecule has 0 spiro atoms. The first-order chi connectivity index (χ1) is 9.92. The number of aromatic nitrogens is 2. The predicted molar refractivity (Wildman–Crippen MR) is 79.5 cm³/mol. The van der Waals surface area contributed by atoms with Crippen molar-refractivity contribution in [2.45, 2.75) is 6.92 Å². The first-order valence-electron chi connectivity index (χ1n) is 5.76. The van der Waals surface area contributed by atoms with Crippen molar-refractivity contribution in [2.75, 3.05) is 12.4 Å². The number of benzene rings is 1. The van der Waals surface area contributed by atoms with Crippen molar-refractivity contribution >= 4 is 34.8 Å². The highest BCUT2D eigenvalue weighted by Gasteiger charge is 2.24. The number of anilines is 1. The van der Waals surface area contributed by atoms with Crippen molar-refractivity contribution in [2.24, 2.45) is 0 Å². The fourth-order valence-electron chi connectivity index (χ4n) is 1.59. The van der Waals surface area contributed by atoms with Crippen LogP contribution in [0.15, 0.2) is 18.2 Å². The van der Waals surface area contributed by atoms with Gasteiger partial charge in [-0.2, -0.15) is 4.98 Å². The third kappa shape index (κ3) is 3.32. The van der Waals surface area contributed by atoms with Gasteiger partial charge in [0.05, 0.1) is 9.95 Å². The topological polar surface area (TPSA) is 90.2 Å². The molecule has 0 bridgehead atoms. The van der Waals surface area contributed by atoms with Crippen LogP contribution in [0.5, 0.6) is 11.6 Å². The number of rotatable bonds is 4. The highest BCUT2D eigenvalue weighted by atomic mass is 35.5. The molecule has 0 saturated heterocycles. The van der Waals surface area contributed by atoms with Crippen LogP contribution < -0.4 is 10.1 Å². The maximum absolute atomic E-state index is 11.2. The van der Waals surface area contributed by atoms with Gasteiger partial charge < -0.3 is 10.1 Å². The lowest BCUT2D eigenvalue weighted by Gasteiger charge is -2.09. The molecule has 0 amide bonds. The Labute approximate surface area is 130 Å². The van der Waals surface area contributed by atoms with E-state index in [-0.39, 0.29) is 34.0 Å². The van der Waals surface area contributed by atoms with Gasteiger partial charge in [-0.15, -0.1) is 0 Å². The number of halogens is 2. The normalized spacial score (nSPS) is 10.3. The second-order valence-corrected chi connectivity index (χ2v) is 4.81. The minimum Gasteiger partial charge on any atom is -0.432 e. The third-order valence-electron chi connectivity index (χ3n) is 2.53. The fourth-order valence-corrected chi connectivity index (χ4v) is 1.91. The highest BCUT2D eigenvalue weighted by molar-refractivity contribution is 6.34. The van der Waals surface area contributed by atoms with Crippen molar-refractivity contribution in [3.05, 3.63) is 44.1 Å². The van der Waals surface area contributed by atoms with Gasteiger partial charge in [0.2, 0.25) is 5.95 Å². The first-order valence-corrected chi connectivity index (χ1v) is 6.51. The minimum absolute atomic E-state index is 0.174. The van der Waals surface area contributed by atoms with Gasteiger partial charge in [-0.1, -0.05) is 23.2 Å². The van der Waals surface area contributed by atoms with Crippen LogP contribution in [0.2, 0.25) is 10.0 Å². The lowest BCUT2D eigenvalue weighted by Crippen LogP contribution is -2.05. The molecule has 0 aliphatic heterocycles. The molecule has 1 N–H and O–H groups in total. The molecule has 0 atom stereocenters. The summed E-state index contributed by atoms with van der Waals surface area (Å²) in [5.74, 6) is 0.166. The molecule has 2 aromatic rings. The molecule has 110 valence electrons. The Morgan fingerprint density at radius 2 is 2.05 bits per heavy atom. The summed E-state index contributed by atoms with van der Waals surface area (Å²) in [5.41, 5.74) is -0.155. The van der Waals surface area contributed by atoms with Gasteiger partial charge in [0, 0.05) is 18.1 Å². The molecule has 0 aliphatic rings. The van der Waals surface area contributed by atoms with Crippen LogP contribution in [0.25, 0.3) is 0 Å². The van der Waals surface area contributed by atoms with Crippen molar-refractivity contribution in [3.63, 3.8) is 0 Å². The van der Waals surface area contributed by atoms with Gasteiger partial charge in [-0.25, -0.2) is 4.98 Å². The van der Waals surface area contributed by atoms with Crippen LogP contribution in [0.1, 0.15) is 5.69 Å². The van der Waals surface area contributed by atoms with Crippen molar-refractivity contribution in [3.8, 4) is 11.6 Å². The summed E-state index contributed by atoms with van der Waals surface area (Å²) in [5, 5.41) is 14.5. The number of hydrogen-bond acceptors (Lipinski definition) is 6. The van der Waals surface area contributed by atoms with Gasteiger partial charge in [0.25, 0.3) is 0 Å². The van der Waals surface area contributed by atoms with E-state index < -0.39 is 4.92 Å². The van der Waals surface area contributed by atoms with E-state index in [4.69, 9.17) is 27.9 Å². The van der Waals surface area contributed by atoms with E-state index in [2.05, 4.69) is 15.3 Å². The van der Waals surface area contributed by atoms with Gasteiger partial charge in [0.1, 0.15) is 11.4 Å². The number of nitro groups is 1. The van der Waals surface area contributed by atoms with E-state index in [1.54, 1.807) is 13.1 Å². The lowest BCUT2D eigenvalue weighted by molar-refractivity contribution is -0.386. The van der Waals surface area contributed by atoms with E-state index in [9.17, 15) is 10.1 Å². The van der Waals surface area contributed by atoms with Gasteiger partial charge in [-0.3, -0.25) is 10.1 Å². The zero-order chi connectivity index (χ0) is 15.6. The number of nitrogens with zero attached hydrogens (tertiary/aromatic N) is 3. The Balaban J connectivity index is 2.54. The molecule has 1 heterocycles. The largest absolute Gasteiger partial charge is 0.432 e. The summed E-state index contributed by atoms with van der Waals surface area (Å²) in [6, 6.07) is 4.55. The SMILES string of the molecule is CNc1nc(C)c([N+](=O)[O-])c(Oc2cc(Cl)ccc2Cl)n1. The van der Waals surface area contributed by atoms with Crippen LogP contribution in [-0.4, -0.2) is 21.9 Å². The monoisotopic (exact) mass is 328 g/mol. The standard InChI is InChI=1S/C12H10Cl2N4O3/c1-6-10(18(19)20)11(17-12(15-2)16-6)21-9-5-7(13)3-4-8(9)14/h3-5H,1-2H3,(H,15,16,17).